The van der Waals surface area contributed by atoms with Crippen LogP contribution in [0.5, 0.6) is 0 Å². The number of piperidine rings is 1. The van der Waals surface area contributed by atoms with Crippen molar-refractivity contribution < 1.29 is 4.79 Å². The number of hydrogen-bond donors (Lipinski definition) is 1. The Kier molecular flexibility index (Phi) is 2.97. The van der Waals surface area contributed by atoms with E-state index in [-0.39, 0.29) is 5.41 Å². The van der Waals surface area contributed by atoms with Gasteiger partial charge in [-0.3, -0.25) is 4.79 Å². The fraction of sp³-hybridized carbons (Fsp3) is 0.938. The van der Waals surface area contributed by atoms with Crippen LogP contribution in [0.3, 0.4) is 0 Å². The summed E-state index contributed by atoms with van der Waals surface area (Å²) in [5, 5.41) is 3.57. The highest BCUT2D eigenvalue weighted by Gasteiger charge is 2.53. The van der Waals surface area contributed by atoms with Crippen LogP contribution in [0, 0.1) is 10.8 Å². The van der Waals surface area contributed by atoms with Crippen molar-refractivity contribution >= 4 is 5.91 Å². The summed E-state index contributed by atoms with van der Waals surface area (Å²) in [6, 6.07) is 0. The lowest BCUT2D eigenvalue weighted by atomic mass is 9.75. The Balaban J connectivity index is 1.54. The lowest BCUT2D eigenvalue weighted by molar-refractivity contribution is -0.135. The summed E-state index contributed by atoms with van der Waals surface area (Å²) in [6.07, 6.45) is 6.86. The molecule has 1 amide bonds. The quantitative estimate of drug-likeness (QED) is 0.831. The molecule has 3 rings (SSSR count). The van der Waals surface area contributed by atoms with Crippen LogP contribution in [0.25, 0.3) is 0 Å². The molecule has 3 nitrogen and oxygen atoms in total. The SMILES string of the molecule is CC(C)(C)C1(CC(=O)N2CCC3(CCN3)CC2)CC1. The highest BCUT2D eigenvalue weighted by Crippen LogP contribution is 2.61. The smallest absolute Gasteiger partial charge is 0.223 e. The maximum absolute atomic E-state index is 12.5. The summed E-state index contributed by atoms with van der Waals surface area (Å²) in [5.41, 5.74) is 0.973. The van der Waals surface area contributed by atoms with Crippen molar-refractivity contribution in [1.82, 2.24) is 10.2 Å². The molecule has 3 fully saturated rings. The zero-order valence-electron chi connectivity index (χ0n) is 12.7. The molecule has 1 spiro atoms. The fourth-order valence-corrected chi connectivity index (χ4v) is 3.83. The van der Waals surface area contributed by atoms with Crippen molar-refractivity contribution in [3.8, 4) is 0 Å². The summed E-state index contributed by atoms with van der Waals surface area (Å²) < 4.78 is 0. The van der Waals surface area contributed by atoms with Gasteiger partial charge in [0.05, 0.1) is 0 Å². The molecule has 0 bridgehead atoms. The van der Waals surface area contributed by atoms with Gasteiger partial charge < -0.3 is 10.2 Å². The Hall–Kier alpha value is -0.570. The van der Waals surface area contributed by atoms with E-state index < -0.39 is 0 Å². The molecule has 1 N–H and O–H groups in total. The van der Waals surface area contributed by atoms with Crippen molar-refractivity contribution in [2.75, 3.05) is 19.6 Å². The maximum atomic E-state index is 12.5. The largest absolute Gasteiger partial charge is 0.343 e. The zero-order valence-corrected chi connectivity index (χ0v) is 12.7. The second kappa shape index (κ2) is 4.21. The van der Waals surface area contributed by atoms with Crippen LogP contribution in [0.4, 0.5) is 0 Å². The maximum Gasteiger partial charge on any atom is 0.223 e. The van der Waals surface area contributed by atoms with E-state index >= 15 is 0 Å². The van der Waals surface area contributed by atoms with E-state index in [0.29, 0.717) is 16.9 Å². The first kappa shape index (κ1) is 13.4. The predicted octanol–water partition coefficient (Wildman–Crippen LogP) is 2.56. The summed E-state index contributed by atoms with van der Waals surface area (Å²) in [4.78, 5) is 14.6. The van der Waals surface area contributed by atoms with Crippen molar-refractivity contribution in [2.45, 2.75) is 64.8 Å². The summed E-state index contributed by atoms with van der Waals surface area (Å²) in [5.74, 6) is 0.404. The van der Waals surface area contributed by atoms with Gasteiger partial charge in [-0.1, -0.05) is 20.8 Å². The topological polar surface area (TPSA) is 32.3 Å². The van der Waals surface area contributed by atoms with Gasteiger partial charge in [-0.05, 0) is 49.5 Å². The van der Waals surface area contributed by atoms with Crippen molar-refractivity contribution in [1.29, 1.82) is 0 Å². The molecule has 0 aromatic carbocycles. The molecule has 2 aliphatic heterocycles. The first-order valence-electron chi connectivity index (χ1n) is 7.89. The van der Waals surface area contributed by atoms with Crippen LogP contribution < -0.4 is 5.32 Å². The van der Waals surface area contributed by atoms with Crippen LogP contribution in [0.1, 0.15) is 59.3 Å². The van der Waals surface area contributed by atoms with Gasteiger partial charge in [0.25, 0.3) is 0 Å². The number of rotatable bonds is 2. The molecule has 2 heterocycles. The number of amides is 1. The number of carbonyl (C=O) groups excluding carboxylic acids is 1. The lowest BCUT2D eigenvalue weighted by Gasteiger charge is -2.49. The van der Waals surface area contributed by atoms with Gasteiger partial charge in [-0.25, -0.2) is 0 Å². The van der Waals surface area contributed by atoms with Crippen LogP contribution in [0.2, 0.25) is 0 Å². The van der Waals surface area contributed by atoms with Crippen LogP contribution in [0.15, 0.2) is 0 Å². The monoisotopic (exact) mass is 264 g/mol. The highest BCUT2D eigenvalue weighted by molar-refractivity contribution is 5.77. The molecular formula is C16H28N2O. The summed E-state index contributed by atoms with van der Waals surface area (Å²) in [7, 11) is 0. The van der Waals surface area contributed by atoms with Crippen molar-refractivity contribution in [3.05, 3.63) is 0 Å². The zero-order chi connectivity index (χ0) is 13.7. The Morgan fingerprint density at radius 1 is 1.11 bits per heavy atom. The van der Waals surface area contributed by atoms with Gasteiger partial charge in [-0.2, -0.15) is 0 Å². The molecule has 19 heavy (non-hydrogen) atoms. The van der Waals surface area contributed by atoms with Crippen LogP contribution in [-0.2, 0) is 4.79 Å². The third kappa shape index (κ3) is 2.31. The average molecular weight is 264 g/mol. The Morgan fingerprint density at radius 3 is 2.05 bits per heavy atom. The molecule has 0 radical (unpaired) electrons. The second-order valence-corrected chi connectivity index (χ2v) is 8.05. The molecule has 0 atom stereocenters. The van der Waals surface area contributed by atoms with Gasteiger partial charge in [0, 0.05) is 25.0 Å². The molecule has 0 unspecified atom stereocenters. The third-order valence-electron chi connectivity index (χ3n) is 6.11. The van der Waals surface area contributed by atoms with Gasteiger partial charge in [-0.15, -0.1) is 0 Å². The summed E-state index contributed by atoms with van der Waals surface area (Å²) in [6.45, 7) is 9.96. The van der Waals surface area contributed by atoms with E-state index in [1.54, 1.807) is 0 Å². The van der Waals surface area contributed by atoms with Crippen molar-refractivity contribution in [2.24, 2.45) is 10.8 Å². The van der Waals surface area contributed by atoms with Crippen molar-refractivity contribution in [3.63, 3.8) is 0 Å². The Morgan fingerprint density at radius 2 is 1.68 bits per heavy atom. The molecule has 1 aliphatic carbocycles. The second-order valence-electron chi connectivity index (χ2n) is 8.05. The number of hydrogen-bond acceptors (Lipinski definition) is 2. The average Bonchev–Trinajstić information content (AvgIpc) is 3.07. The molecule has 2 saturated heterocycles. The minimum absolute atomic E-state index is 0.273. The standard InChI is InChI=1S/C16H28N2O/c1-14(2,3)15(4-5-15)12-13(19)18-10-7-16(8-11-18)6-9-17-16/h17H,4-12H2,1-3H3. The van der Waals surface area contributed by atoms with E-state index in [2.05, 4.69) is 31.0 Å². The van der Waals surface area contributed by atoms with Crippen LogP contribution in [-0.4, -0.2) is 36.0 Å². The predicted molar refractivity (Wildman–Crippen MR) is 76.9 cm³/mol. The fourth-order valence-electron chi connectivity index (χ4n) is 3.83. The minimum atomic E-state index is 0.273. The van der Waals surface area contributed by atoms with Gasteiger partial charge >= 0.3 is 0 Å². The molecule has 0 aromatic rings. The first-order valence-corrected chi connectivity index (χ1v) is 7.89. The number of carbonyl (C=O) groups is 1. The first-order chi connectivity index (χ1) is 8.86. The molecule has 3 heteroatoms. The molecule has 108 valence electrons. The number of nitrogens with one attached hydrogen (secondary N) is 1. The van der Waals surface area contributed by atoms with Gasteiger partial charge in [0.1, 0.15) is 0 Å². The van der Waals surface area contributed by atoms with Gasteiger partial charge in [0.15, 0.2) is 0 Å². The third-order valence-corrected chi connectivity index (χ3v) is 6.11. The van der Waals surface area contributed by atoms with Gasteiger partial charge in [0.2, 0.25) is 5.91 Å². The lowest BCUT2D eigenvalue weighted by Crippen LogP contribution is -2.62. The molecule has 1 saturated carbocycles. The molecule has 0 aromatic heterocycles. The van der Waals surface area contributed by atoms with Crippen LogP contribution >= 0.6 is 0 Å². The minimum Gasteiger partial charge on any atom is -0.343 e. The van der Waals surface area contributed by atoms with E-state index in [9.17, 15) is 4.79 Å². The Labute approximate surface area is 117 Å². The summed E-state index contributed by atoms with van der Waals surface area (Å²) >= 11 is 0. The van der Waals surface area contributed by atoms with E-state index in [1.807, 2.05) is 0 Å². The Bertz CT molecular complexity index is 365. The normalized spacial score (nSPS) is 28.1. The highest BCUT2D eigenvalue weighted by atomic mass is 16.2. The number of likely N-dealkylation sites (tertiary alicyclic amines) is 1. The van der Waals surface area contributed by atoms with E-state index in [0.717, 1.165) is 32.4 Å². The molecule has 3 aliphatic rings. The number of nitrogens with zero attached hydrogens (tertiary/aromatic N) is 1. The van der Waals surface area contributed by atoms with E-state index in [1.165, 1.54) is 25.8 Å². The van der Waals surface area contributed by atoms with E-state index in [4.69, 9.17) is 0 Å². The molecular weight excluding hydrogens is 236 g/mol.